The van der Waals surface area contributed by atoms with Crippen molar-refractivity contribution in [1.29, 1.82) is 0 Å². The van der Waals surface area contributed by atoms with Crippen LogP contribution >= 0.6 is 11.3 Å². The van der Waals surface area contributed by atoms with Crippen molar-refractivity contribution in [3.8, 4) is 0 Å². The normalized spacial score (nSPS) is 11.2. The Balaban J connectivity index is 2.11. The van der Waals surface area contributed by atoms with Gasteiger partial charge in [-0.3, -0.25) is 4.79 Å². The molecule has 0 aliphatic rings. The van der Waals surface area contributed by atoms with Gasteiger partial charge in [0.2, 0.25) is 5.91 Å². The highest BCUT2D eigenvalue weighted by atomic mass is 32.1. The highest BCUT2D eigenvalue weighted by Crippen LogP contribution is 2.22. The molecule has 2 rings (SSSR count). The van der Waals surface area contributed by atoms with Crippen molar-refractivity contribution in [2.75, 3.05) is 20.2 Å². The quantitative estimate of drug-likeness (QED) is 0.854. The summed E-state index contributed by atoms with van der Waals surface area (Å²) in [6.45, 7) is 0.306. The van der Waals surface area contributed by atoms with E-state index in [4.69, 9.17) is 5.11 Å². The van der Waals surface area contributed by atoms with Crippen LogP contribution in [0.2, 0.25) is 0 Å². The molecule has 94 valence electrons. The van der Waals surface area contributed by atoms with E-state index < -0.39 is 0 Å². The van der Waals surface area contributed by atoms with E-state index >= 15 is 0 Å². The Hall–Kier alpha value is -1.72. The van der Waals surface area contributed by atoms with E-state index in [0.29, 0.717) is 6.54 Å². The molecule has 0 saturated heterocycles. The predicted molar refractivity (Wildman–Crippen MR) is 73.4 cm³/mol. The molecule has 0 spiro atoms. The number of carbonyl (C=O) groups is 1. The van der Waals surface area contributed by atoms with Gasteiger partial charge in [0, 0.05) is 19.7 Å². The van der Waals surface area contributed by atoms with Crippen LogP contribution in [0.5, 0.6) is 0 Å². The fourth-order valence-electron chi connectivity index (χ4n) is 1.49. The minimum atomic E-state index is -0.136. The molecule has 2 aromatic rings. The Bertz CT molecular complexity index is 544. The monoisotopic (exact) mass is 262 g/mol. The molecule has 4 nitrogen and oxygen atoms in total. The molecular formula is C13H14N2O2S. The summed E-state index contributed by atoms with van der Waals surface area (Å²) in [6, 6.07) is 7.86. The summed E-state index contributed by atoms with van der Waals surface area (Å²) in [4.78, 5) is 17.5. The van der Waals surface area contributed by atoms with Crippen molar-refractivity contribution in [1.82, 2.24) is 9.88 Å². The first-order valence-electron chi connectivity index (χ1n) is 5.60. The van der Waals surface area contributed by atoms with Crippen LogP contribution < -0.4 is 0 Å². The van der Waals surface area contributed by atoms with Crippen LogP contribution in [0.4, 0.5) is 0 Å². The van der Waals surface area contributed by atoms with E-state index in [9.17, 15) is 4.79 Å². The van der Waals surface area contributed by atoms with E-state index in [1.54, 1.807) is 24.5 Å². The second kappa shape index (κ2) is 5.75. The zero-order valence-electron chi connectivity index (χ0n) is 10.0. The van der Waals surface area contributed by atoms with Crippen molar-refractivity contribution in [2.24, 2.45) is 0 Å². The number of benzene rings is 1. The molecule has 0 radical (unpaired) electrons. The molecule has 1 N–H and O–H groups in total. The van der Waals surface area contributed by atoms with E-state index in [-0.39, 0.29) is 12.5 Å². The smallest absolute Gasteiger partial charge is 0.246 e. The van der Waals surface area contributed by atoms with Crippen molar-refractivity contribution in [3.05, 3.63) is 35.3 Å². The van der Waals surface area contributed by atoms with Gasteiger partial charge >= 0.3 is 0 Å². The second-order valence-corrected chi connectivity index (χ2v) is 4.90. The maximum absolute atomic E-state index is 11.6. The van der Waals surface area contributed by atoms with Gasteiger partial charge in [0.15, 0.2) is 0 Å². The summed E-state index contributed by atoms with van der Waals surface area (Å²) in [5, 5.41) is 9.55. The van der Waals surface area contributed by atoms with Gasteiger partial charge in [-0.15, -0.1) is 11.3 Å². The number of fused-ring (bicyclic) bond motifs is 1. The number of amides is 1. The fourth-order valence-corrected chi connectivity index (χ4v) is 2.36. The number of nitrogens with zero attached hydrogens (tertiary/aromatic N) is 2. The largest absolute Gasteiger partial charge is 0.395 e. The van der Waals surface area contributed by atoms with Crippen LogP contribution in [0, 0.1) is 0 Å². The number of carbonyl (C=O) groups excluding carboxylic acids is 1. The topological polar surface area (TPSA) is 53.4 Å². The Morgan fingerprint density at radius 3 is 3.00 bits per heavy atom. The average Bonchev–Trinajstić information content (AvgIpc) is 2.78. The summed E-state index contributed by atoms with van der Waals surface area (Å²) in [6.07, 6.45) is 3.19. The molecule has 0 fully saturated rings. The fraction of sp³-hybridized carbons (Fsp3) is 0.231. The first-order chi connectivity index (χ1) is 8.70. The highest BCUT2D eigenvalue weighted by molar-refractivity contribution is 7.19. The molecule has 0 bridgehead atoms. The lowest BCUT2D eigenvalue weighted by molar-refractivity contribution is -0.125. The molecule has 1 amide bonds. The first kappa shape index (κ1) is 12.7. The molecule has 18 heavy (non-hydrogen) atoms. The first-order valence-corrected chi connectivity index (χ1v) is 6.42. The molecule has 1 aromatic heterocycles. The van der Waals surface area contributed by atoms with Crippen molar-refractivity contribution < 1.29 is 9.90 Å². The number of aliphatic hydroxyl groups is 1. The van der Waals surface area contributed by atoms with Gasteiger partial charge in [-0.2, -0.15) is 0 Å². The number of para-hydroxylation sites is 1. The van der Waals surface area contributed by atoms with E-state index in [1.165, 1.54) is 11.0 Å². The highest BCUT2D eigenvalue weighted by Gasteiger charge is 2.04. The van der Waals surface area contributed by atoms with E-state index in [0.717, 1.165) is 15.2 Å². The molecule has 0 saturated carbocycles. The summed E-state index contributed by atoms with van der Waals surface area (Å²) in [5.41, 5.74) is 0.943. The molecule has 5 heteroatoms. The zero-order chi connectivity index (χ0) is 13.0. The molecule has 1 aromatic carbocycles. The summed E-state index contributed by atoms with van der Waals surface area (Å²) < 4.78 is 1.10. The lowest BCUT2D eigenvalue weighted by Crippen LogP contribution is -2.27. The van der Waals surface area contributed by atoms with Crippen LogP contribution in [-0.4, -0.2) is 41.1 Å². The number of hydrogen-bond donors (Lipinski definition) is 1. The Morgan fingerprint density at radius 2 is 2.28 bits per heavy atom. The summed E-state index contributed by atoms with van der Waals surface area (Å²) in [5.74, 6) is -0.136. The predicted octanol–water partition coefficient (Wildman–Crippen LogP) is 1.76. The van der Waals surface area contributed by atoms with Gasteiger partial charge in [0.25, 0.3) is 0 Å². The van der Waals surface area contributed by atoms with Crippen LogP contribution in [-0.2, 0) is 4.79 Å². The number of rotatable bonds is 4. The number of aromatic nitrogens is 1. The molecule has 0 atom stereocenters. The zero-order valence-corrected chi connectivity index (χ0v) is 10.9. The van der Waals surface area contributed by atoms with E-state index in [2.05, 4.69) is 4.98 Å². The Kier molecular flexibility index (Phi) is 4.07. The van der Waals surface area contributed by atoms with Crippen LogP contribution in [0.25, 0.3) is 16.3 Å². The van der Waals surface area contributed by atoms with Crippen LogP contribution in [0.3, 0.4) is 0 Å². The van der Waals surface area contributed by atoms with Crippen LogP contribution in [0.1, 0.15) is 5.01 Å². The minimum Gasteiger partial charge on any atom is -0.395 e. The summed E-state index contributed by atoms with van der Waals surface area (Å²) in [7, 11) is 1.65. The third kappa shape index (κ3) is 2.94. The lowest BCUT2D eigenvalue weighted by Gasteiger charge is -2.12. The van der Waals surface area contributed by atoms with Gasteiger partial charge in [-0.1, -0.05) is 12.1 Å². The Morgan fingerprint density at radius 1 is 1.50 bits per heavy atom. The third-order valence-corrected chi connectivity index (χ3v) is 3.49. The van der Waals surface area contributed by atoms with Gasteiger partial charge in [0.1, 0.15) is 5.01 Å². The average molecular weight is 262 g/mol. The van der Waals surface area contributed by atoms with Gasteiger partial charge in [-0.25, -0.2) is 4.98 Å². The number of hydrogen-bond acceptors (Lipinski definition) is 4. The van der Waals surface area contributed by atoms with Crippen molar-refractivity contribution >= 4 is 33.5 Å². The second-order valence-electron chi connectivity index (χ2n) is 3.84. The maximum Gasteiger partial charge on any atom is 0.246 e. The van der Waals surface area contributed by atoms with Gasteiger partial charge in [-0.05, 0) is 18.2 Å². The number of thiazole rings is 1. The standard InChI is InChI=1S/C13H14N2O2S/c1-15(8-9-16)13(17)7-6-12-14-10-4-2-3-5-11(10)18-12/h2-7,16H,8-9H2,1H3/b7-6+. The van der Waals surface area contributed by atoms with E-state index in [1.807, 2.05) is 24.3 Å². The third-order valence-electron chi connectivity index (χ3n) is 2.49. The molecular weight excluding hydrogens is 248 g/mol. The maximum atomic E-state index is 11.6. The summed E-state index contributed by atoms with van der Waals surface area (Å²) >= 11 is 1.55. The van der Waals surface area contributed by atoms with Crippen molar-refractivity contribution in [3.63, 3.8) is 0 Å². The molecule has 1 heterocycles. The number of likely N-dealkylation sites (N-methyl/N-ethyl adjacent to an activating group) is 1. The van der Waals surface area contributed by atoms with Gasteiger partial charge in [0.05, 0.1) is 16.8 Å². The van der Waals surface area contributed by atoms with Gasteiger partial charge < -0.3 is 10.0 Å². The molecule has 0 aliphatic heterocycles. The van der Waals surface area contributed by atoms with Crippen molar-refractivity contribution in [2.45, 2.75) is 0 Å². The molecule has 0 aliphatic carbocycles. The SMILES string of the molecule is CN(CCO)C(=O)/C=C/c1nc2ccccc2s1. The molecule has 0 unspecified atom stereocenters. The Labute approximate surface area is 109 Å². The number of aliphatic hydroxyl groups excluding tert-OH is 1. The van der Waals surface area contributed by atoms with Crippen LogP contribution in [0.15, 0.2) is 30.3 Å². The minimum absolute atomic E-state index is 0.0305. The lowest BCUT2D eigenvalue weighted by atomic mass is 10.3.